The van der Waals surface area contributed by atoms with Crippen LogP contribution in [0.5, 0.6) is 0 Å². The van der Waals surface area contributed by atoms with Crippen molar-refractivity contribution < 1.29 is 14.7 Å². The summed E-state index contributed by atoms with van der Waals surface area (Å²) in [5, 5.41) is 11.0. The monoisotopic (exact) mass is 238 g/mol. The molecule has 1 aromatic rings. The molecular formula is C10H14N4O3. The molecule has 0 spiro atoms. The van der Waals surface area contributed by atoms with E-state index in [2.05, 4.69) is 15.3 Å². The van der Waals surface area contributed by atoms with Crippen LogP contribution in [0.4, 0.5) is 0 Å². The lowest BCUT2D eigenvalue weighted by Crippen LogP contribution is -2.41. The van der Waals surface area contributed by atoms with Crippen LogP contribution < -0.4 is 11.1 Å². The van der Waals surface area contributed by atoms with E-state index in [0.29, 0.717) is 12.8 Å². The highest BCUT2D eigenvalue weighted by atomic mass is 16.4. The smallest absolute Gasteiger partial charge is 0.303 e. The fourth-order valence-electron chi connectivity index (χ4n) is 1.21. The zero-order valence-corrected chi connectivity index (χ0v) is 9.17. The first kappa shape index (κ1) is 13.0. The van der Waals surface area contributed by atoms with Crippen molar-refractivity contribution in [3.8, 4) is 0 Å². The number of carboxylic acid groups (broad SMARTS) is 1. The lowest BCUT2D eigenvalue weighted by Gasteiger charge is -2.12. The molecular weight excluding hydrogens is 224 g/mol. The van der Waals surface area contributed by atoms with Crippen molar-refractivity contribution in [2.75, 3.05) is 0 Å². The van der Waals surface area contributed by atoms with E-state index in [1.54, 1.807) is 0 Å². The fraction of sp³-hybridized carbons (Fsp3) is 0.400. The van der Waals surface area contributed by atoms with E-state index >= 15 is 0 Å². The van der Waals surface area contributed by atoms with Gasteiger partial charge in [0.25, 0.3) is 5.91 Å². The maximum atomic E-state index is 11.6. The Kier molecular flexibility index (Phi) is 5.02. The number of nitrogens with zero attached hydrogens (tertiary/aromatic N) is 2. The van der Waals surface area contributed by atoms with Crippen molar-refractivity contribution in [2.45, 2.75) is 25.4 Å². The number of hydrogen-bond donors (Lipinski definition) is 3. The second kappa shape index (κ2) is 6.54. The molecule has 17 heavy (non-hydrogen) atoms. The van der Waals surface area contributed by atoms with Gasteiger partial charge in [0.15, 0.2) is 0 Å². The lowest BCUT2D eigenvalue weighted by atomic mass is 10.2. The third-order valence-electron chi connectivity index (χ3n) is 2.04. The first-order valence-electron chi connectivity index (χ1n) is 5.14. The van der Waals surface area contributed by atoms with Crippen molar-refractivity contribution in [2.24, 2.45) is 5.73 Å². The Morgan fingerprint density at radius 2 is 2.29 bits per heavy atom. The Hall–Kier alpha value is -2.02. The second-order valence-electron chi connectivity index (χ2n) is 3.46. The number of amides is 1. The van der Waals surface area contributed by atoms with Crippen molar-refractivity contribution in [3.05, 3.63) is 24.3 Å². The van der Waals surface area contributed by atoms with Crippen LogP contribution in [0.2, 0.25) is 0 Å². The first-order chi connectivity index (χ1) is 8.09. The largest absolute Gasteiger partial charge is 0.481 e. The summed E-state index contributed by atoms with van der Waals surface area (Å²) >= 11 is 0. The van der Waals surface area contributed by atoms with Crippen LogP contribution in [-0.2, 0) is 4.79 Å². The highest BCUT2D eigenvalue weighted by Gasteiger charge is 2.11. The molecule has 0 saturated heterocycles. The predicted octanol–water partition coefficient (Wildman–Crippen LogP) is -0.254. The minimum absolute atomic E-state index is 0.0388. The molecule has 0 bridgehead atoms. The van der Waals surface area contributed by atoms with E-state index in [1.807, 2.05) is 0 Å². The molecule has 0 aromatic carbocycles. The maximum Gasteiger partial charge on any atom is 0.303 e. The molecule has 1 heterocycles. The topological polar surface area (TPSA) is 118 Å². The van der Waals surface area contributed by atoms with Gasteiger partial charge in [-0.2, -0.15) is 0 Å². The number of rotatable bonds is 6. The zero-order valence-electron chi connectivity index (χ0n) is 9.17. The summed E-state index contributed by atoms with van der Waals surface area (Å²) in [7, 11) is 0. The molecule has 1 unspecified atom stereocenters. The van der Waals surface area contributed by atoms with Crippen LogP contribution in [0.25, 0.3) is 0 Å². The third kappa shape index (κ3) is 5.03. The number of carbonyl (C=O) groups excluding carboxylic acids is 1. The van der Waals surface area contributed by atoms with Gasteiger partial charge < -0.3 is 16.2 Å². The standard InChI is InChI=1S/C10H14N4O3/c11-8(2-1-3-9(15)16)14-10(17)7-4-5-12-6-13-7/h4-6,8H,1-3,11H2,(H,14,17)(H,15,16). The second-order valence-corrected chi connectivity index (χ2v) is 3.46. The van der Waals surface area contributed by atoms with E-state index in [0.717, 1.165) is 0 Å². The molecule has 7 nitrogen and oxygen atoms in total. The molecule has 0 fully saturated rings. The summed E-state index contributed by atoms with van der Waals surface area (Å²) < 4.78 is 0. The summed E-state index contributed by atoms with van der Waals surface area (Å²) in [6.07, 6.45) is 3.01. The average Bonchev–Trinajstić information content (AvgIpc) is 2.29. The van der Waals surface area contributed by atoms with Gasteiger partial charge in [-0.3, -0.25) is 9.59 Å². The van der Waals surface area contributed by atoms with Crippen molar-refractivity contribution >= 4 is 11.9 Å². The molecule has 1 amide bonds. The molecule has 7 heteroatoms. The van der Waals surface area contributed by atoms with Gasteiger partial charge in [-0.15, -0.1) is 0 Å². The molecule has 0 aliphatic carbocycles. The number of nitrogens with two attached hydrogens (primary N) is 1. The molecule has 0 aliphatic heterocycles. The average molecular weight is 238 g/mol. The van der Waals surface area contributed by atoms with Crippen LogP contribution >= 0.6 is 0 Å². The minimum atomic E-state index is -0.876. The highest BCUT2D eigenvalue weighted by molar-refractivity contribution is 5.92. The molecule has 4 N–H and O–H groups in total. The van der Waals surface area contributed by atoms with Gasteiger partial charge in [0.1, 0.15) is 12.0 Å². The Morgan fingerprint density at radius 1 is 1.53 bits per heavy atom. The van der Waals surface area contributed by atoms with Crippen LogP contribution in [0.1, 0.15) is 29.8 Å². The van der Waals surface area contributed by atoms with E-state index in [9.17, 15) is 9.59 Å². The highest BCUT2D eigenvalue weighted by Crippen LogP contribution is 1.98. The van der Waals surface area contributed by atoms with Crippen LogP contribution in [-0.4, -0.2) is 33.1 Å². The summed E-state index contributed by atoms with van der Waals surface area (Å²) in [4.78, 5) is 29.3. The Balaban J connectivity index is 2.34. The third-order valence-corrected chi connectivity index (χ3v) is 2.04. The normalized spacial score (nSPS) is 11.8. The molecule has 0 saturated carbocycles. The van der Waals surface area contributed by atoms with E-state index < -0.39 is 18.0 Å². The quantitative estimate of drug-likeness (QED) is 0.588. The molecule has 1 rings (SSSR count). The number of carboxylic acids is 1. The number of hydrogen-bond acceptors (Lipinski definition) is 5. The number of aromatic nitrogens is 2. The summed E-state index contributed by atoms with van der Waals surface area (Å²) in [5.74, 6) is -1.27. The van der Waals surface area contributed by atoms with Crippen molar-refractivity contribution in [1.29, 1.82) is 0 Å². The SMILES string of the molecule is NC(CCCC(=O)O)NC(=O)c1ccncn1. The summed E-state index contributed by atoms with van der Waals surface area (Å²) in [6.45, 7) is 0. The minimum Gasteiger partial charge on any atom is -0.481 e. The number of nitrogens with one attached hydrogen (secondary N) is 1. The van der Waals surface area contributed by atoms with E-state index in [4.69, 9.17) is 10.8 Å². The molecule has 0 radical (unpaired) electrons. The van der Waals surface area contributed by atoms with Crippen molar-refractivity contribution in [3.63, 3.8) is 0 Å². The Labute approximate surface area is 98.1 Å². The Bertz CT molecular complexity index is 382. The van der Waals surface area contributed by atoms with Gasteiger partial charge in [-0.25, -0.2) is 9.97 Å². The molecule has 92 valence electrons. The fourth-order valence-corrected chi connectivity index (χ4v) is 1.21. The van der Waals surface area contributed by atoms with Crippen LogP contribution in [0.15, 0.2) is 18.6 Å². The zero-order chi connectivity index (χ0) is 12.7. The maximum absolute atomic E-state index is 11.6. The lowest BCUT2D eigenvalue weighted by molar-refractivity contribution is -0.137. The van der Waals surface area contributed by atoms with Gasteiger partial charge in [0, 0.05) is 12.6 Å². The number of aliphatic carboxylic acids is 1. The molecule has 1 atom stereocenters. The summed E-state index contributed by atoms with van der Waals surface area (Å²) in [6, 6.07) is 1.47. The van der Waals surface area contributed by atoms with Crippen LogP contribution in [0.3, 0.4) is 0 Å². The summed E-state index contributed by atoms with van der Waals surface area (Å²) in [5.41, 5.74) is 5.86. The van der Waals surface area contributed by atoms with Gasteiger partial charge in [0.05, 0.1) is 6.17 Å². The van der Waals surface area contributed by atoms with Gasteiger partial charge >= 0.3 is 5.97 Å². The first-order valence-corrected chi connectivity index (χ1v) is 5.14. The molecule has 1 aromatic heterocycles. The van der Waals surface area contributed by atoms with Gasteiger partial charge in [-0.05, 0) is 18.9 Å². The predicted molar refractivity (Wildman–Crippen MR) is 59.0 cm³/mol. The molecule has 0 aliphatic rings. The van der Waals surface area contributed by atoms with Crippen LogP contribution in [0, 0.1) is 0 Å². The van der Waals surface area contributed by atoms with Gasteiger partial charge in [0.2, 0.25) is 0 Å². The van der Waals surface area contributed by atoms with E-state index in [1.165, 1.54) is 18.6 Å². The van der Waals surface area contributed by atoms with Gasteiger partial charge in [-0.1, -0.05) is 0 Å². The Morgan fingerprint density at radius 3 is 2.88 bits per heavy atom. The van der Waals surface area contributed by atoms with E-state index in [-0.39, 0.29) is 12.1 Å². The number of carbonyl (C=O) groups is 2. The van der Waals surface area contributed by atoms with Crippen molar-refractivity contribution in [1.82, 2.24) is 15.3 Å².